The van der Waals surface area contributed by atoms with Gasteiger partial charge in [-0.15, -0.1) is 0 Å². The van der Waals surface area contributed by atoms with Crippen molar-refractivity contribution >= 4 is 48.9 Å². The molecule has 0 saturated carbocycles. The summed E-state index contributed by atoms with van der Waals surface area (Å²) in [5.41, 5.74) is 1.41. The van der Waals surface area contributed by atoms with E-state index >= 15 is 0 Å². The lowest BCUT2D eigenvalue weighted by Gasteiger charge is -2.21. The number of fused-ring (bicyclic) bond motifs is 1. The van der Waals surface area contributed by atoms with Crippen molar-refractivity contribution in [3.63, 3.8) is 0 Å². The molecule has 154 valence electrons. The van der Waals surface area contributed by atoms with Gasteiger partial charge >= 0.3 is 4.87 Å². The molecule has 1 aromatic heterocycles. The first-order valence-corrected chi connectivity index (χ1v) is 11.4. The summed E-state index contributed by atoms with van der Waals surface area (Å²) < 4.78 is 40.6. The van der Waals surface area contributed by atoms with E-state index in [9.17, 15) is 22.4 Å². The molecule has 1 N–H and O–H groups in total. The van der Waals surface area contributed by atoms with Crippen LogP contribution in [0.1, 0.15) is 19.9 Å². The highest BCUT2D eigenvalue weighted by atomic mass is 32.2. The average Bonchev–Trinajstić information content (AvgIpc) is 2.95. The summed E-state index contributed by atoms with van der Waals surface area (Å²) in [6.07, 6.45) is 0.974. The van der Waals surface area contributed by atoms with Gasteiger partial charge in [0.15, 0.2) is 0 Å². The maximum absolute atomic E-state index is 13.1. The zero-order chi connectivity index (χ0) is 21.3. The van der Waals surface area contributed by atoms with Crippen molar-refractivity contribution in [1.29, 1.82) is 0 Å². The maximum atomic E-state index is 13.1. The molecule has 3 rings (SSSR count). The Morgan fingerprint density at radius 1 is 1.21 bits per heavy atom. The van der Waals surface area contributed by atoms with Gasteiger partial charge in [-0.05, 0) is 56.3 Å². The minimum atomic E-state index is -3.76. The summed E-state index contributed by atoms with van der Waals surface area (Å²) in [7, 11) is -3.76. The Morgan fingerprint density at radius 3 is 2.45 bits per heavy atom. The molecule has 29 heavy (non-hydrogen) atoms. The van der Waals surface area contributed by atoms with E-state index in [0.29, 0.717) is 5.69 Å². The summed E-state index contributed by atoms with van der Waals surface area (Å²) in [5.74, 6) is -1.07. The van der Waals surface area contributed by atoms with Crippen LogP contribution >= 0.6 is 11.3 Å². The third kappa shape index (κ3) is 4.65. The minimum Gasteiger partial charge on any atom is -0.324 e. The van der Waals surface area contributed by atoms with Gasteiger partial charge in [-0.1, -0.05) is 11.3 Å². The fourth-order valence-electron chi connectivity index (χ4n) is 2.94. The second-order valence-corrected chi connectivity index (χ2v) is 9.71. The predicted octanol–water partition coefficient (Wildman–Crippen LogP) is 3.19. The van der Waals surface area contributed by atoms with Gasteiger partial charge in [0, 0.05) is 11.7 Å². The number of amides is 1. The summed E-state index contributed by atoms with van der Waals surface area (Å²) in [5, 5.41) is 2.65. The topological polar surface area (TPSA) is 88.5 Å². The molecule has 10 heteroatoms. The van der Waals surface area contributed by atoms with Gasteiger partial charge in [-0.3, -0.25) is 18.5 Å². The largest absolute Gasteiger partial charge is 0.324 e. The molecule has 0 atom stereocenters. The van der Waals surface area contributed by atoms with Crippen LogP contribution in [0.4, 0.5) is 15.8 Å². The summed E-state index contributed by atoms with van der Waals surface area (Å²) >= 11 is 1.08. The van der Waals surface area contributed by atoms with Crippen LogP contribution in [0.5, 0.6) is 0 Å². The highest BCUT2D eigenvalue weighted by Gasteiger charge is 2.21. The summed E-state index contributed by atoms with van der Waals surface area (Å²) in [4.78, 5) is 24.5. The minimum absolute atomic E-state index is 0.00993. The van der Waals surface area contributed by atoms with E-state index in [0.717, 1.165) is 44.2 Å². The quantitative estimate of drug-likeness (QED) is 0.642. The zero-order valence-corrected chi connectivity index (χ0v) is 17.7. The highest BCUT2D eigenvalue weighted by molar-refractivity contribution is 7.92. The van der Waals surface area contributed by atoms with Crippen LogP contribution in [-0.2, 0) is 14.8 Å². The summed E-state index contributed by atoms with van der Waals surface area (Å²) in [6.45, 7) is 3.36. The van der Waals surface area contributed by atoms with Crippen molar-refractivity contribution in [2.45, 2.75) is 19.9 Å². The predicted molar refractivity (Wildman–Crippen MR) is 114 cm³/mol. The molecule has 1 amide bonds. The van der Waals surface area contributed by atoms with E-state index in [4.69, 9.17) is 0 Å². The molecular formula is C19H20FN3O4S2. The molecule has 2 aromatic carbocycles. The van der Waals surface area contributed by atoms with Gasteiger partial charge in [0.2, 0.25) is 15.9 Å². The SMILES string of the molecule is CC(C)n1c(=O)sc2cc(NC(=O)CN(c3ccc(F)cc3)S(C)(=O)=O)ccc21. The fraction of sp³-hybridized carbons (Fsp3) is 0.263. The number of benzene rings is 2. The number of carbonyl (C=O) groups excluding carboxylic acids is 1. The Balaban J connectivity index is 1.83. The molecule has 0 aliphatic heterocycles. The second kappa shape index (κ2) is 7.96. The summed E-state index contributed by atoms with van der Waals surface area (Å²) in [6, 6.07) is 9.94. The number of halogens is 1. The zero-order valence-electron chi connectivity index (χ0n) is 16.0. The molecule has 0 radical (unpaired) electrons. The number of anilines is 2. The lowest BCUT2D eigenvalue weighted by molar-refractivity contribution is -0.114. The lowest BCUT2D eigenvalue weighted by atomic mass is 10.2. The van der Waals surface area contributed by atoms with E-state index in [-0.39, 0.29) is 16.6 Å². The standard InChI is InChI=1S/C19H20FN3O4S2/c1-12(2)23-16-9-6-14(10-17(16)28-19(23)25)21-18(24)11-22(29(3,26)27)15-7-4-13(20)5-8-15/h4-10,12H,11H2,1-3H3,(H,21,24). The van der Waals surface area contributed by atoms with Gasteiger partial charge < -0.3 is 5.32 Å². The number of aromatic nitrogens is 1. The third-order valence-corrected chi connectivity index (χ3v) is 6.27. The molecule has 0 unspecified atom stereocenters. The number of nitrogens with zero attached hydrogens (tertiary/aromatic N) is 2. The fourth-order valence-corrected chi connectivity index (χ4v) is 4.85. The molecule has 3 aromatic rings. The first kappa shape index (κ1) is 21.0. The van der Waals surface area contributed by atoms with Crippen LogP contribution in [0.2, 0.25) is 0 Å². The van der Waals surface area contributed by atoms with Crippen molar-refractivity contribution in [2.24, 2.45) is 0 Å². The van der Waals surface area contributed by atoms with Crippen LogP contribution < -0.4 is 14.5 Å². The van der Waals surface area contributed by atoms with E-state index < -0.39 is 28.3 Å². The molecule has 0 bridgehead atoms. The first-order valence-electron chi connectivity index (χ1n) is 8.74. The normalized spacial score (nSPS) is 11.8. The molecule has 0 spiro atoms. The van der Waals surface area contributed by atoms with Crippen LogP contribution in [0, 0.1) is 5.82 Å². The molecule has 7 nitrogen and oxygen atoms in total. The monoisotopic (exact) mass is 437 g/mol. The van der Waals surface area contributed by atoms with E-state index in [1.54, 1.807) is 22.8 Å². The Morgan fingerprint density at radius 2 is 1.86 bits per heavy atom. The Hall–Kier alpha value is -2.72. The van der Waals surface area contributed by atoms with E-state index in [1.807, 2.05) is 13.8 Å². The van der Waals surface area contributed by atoms with E-state index in [2.05, 4.69) is 5.32 Å². The van der Waals surface area contributed by atoms with Crippen molar-refractivity contribution < 1.29 is 17.6 Å². The van der Waals surface area contributed by atoms with E-state index in [1.165, 1.54) is 12.1 Å². The molecule has 0 fully saturated rings. The molecule has 1 heterocycles. The first-order chi connectivity index (χ1) is 13.6. The number of rotatable bonds is 6. The van der Waals surface area contributed by atoms with Crippen LogP contribution in [-0.4, -0.2) is 31.7 Å². The van der Waals surface area contributed by atoms with Crippen LogP contribution in [0.3, 0.4) is 0 Å². The third-order valence-electron chi connectivity index (χ3n) is 4.22. The van der Waals surface area contributed by atoms with Gasteiger partial charge in [-0.25, -0.2) is 12.8 Å². The Labute approximate surface area is 171 Å². The Kier molecular flexibility index (Phi) is 5.76. The maximum Gasteiger partial charge on any atom is 0.308 e. The Bertz CT molecular complexity index is 1210. The number of hydrogen-bond donors (Lipinski definition) is 1. The van der Waals surface area contributed by atoms with Crippen LogP contribution in [0.15, 0.2) is 47.3 Å². The number of nitrogens with one attached hydrogen (secondary N) is 1. The smallest absolute Gasteiger partial charge is 0.308 e. The molecule has 0 aliphatic rings. The van der Waals surface area contributed by atoms with Crippen molar-refractivity contribution in [3.8, 4) is 0 Å². The number of carbonyl (C=O) groups is 1. The number of hydrogen-bond acceptors (Lipinski definition) is 5. The molecular weight excluding hydrogens is 417 g/mol. The number of sulfonamides is 1. The van der Waals surface area contributed by atoms with Gasteiger partial charge in [0.05, 0.1) is 22.2 Å². The van der Waals surface area contributed by atoms with Crippen molar-refractivity contribution in [2.75, 3.05) is 22.4 Å². The van der Waals surface area contributed by atoms with Gasteiger partial charge in [-0.2, -0.15) is 0 Å². The van der Waals surface area contributed by atoms with Crippen molar-refractivity contribution in [3.05, 3.63) is 57.9 Å². The highest BCUT2D eigenvalue weighted by Crippen LogP contribution is 2.24. The average molecular weight is 438 g/mol. The lowest BCUT2D eigenvalue weighted by Crippen LogP contribution is -2.37. The van der Waals surface area contributed by atoms with Crippen LogP contribution in [0.25, 0.3) is 10.2 Å². The van der Waals surface area contributed by atoms with Gasteiger partial charge in [0.25, 0.3) is 0 Å². The molecule has 0 saturated heterocycles. The van der Waals surface area contributed by atoms with Gasteiger partial charge in [0.1, 0.15) is 12.4 Å². The molecule has 0 aliphatic carbocycles. The van der Waals surface area contributed by atoms with Crippen molar-refractivity contribution in [1.82, 2.24) is 4.57 Å². The number of thiazole rings is 1. The second-order valence-electron chi connectivity index (χ2n) is 6.81.